The first-order valence-corrected chi connectivity index (χ1v) is 8.38. The van der Waals surface area contributed by atoms with Crippen LogP contribution in [0.4, 0.5) is 0 Å². The standard InChI is InChI=1S/C17H21N5O3/c1-21-10-8-18-17(21)16(25)12-3-2-9-22(11-12)15(24)7-5-13-4-6-14(23)20-19-13/h4,6,8,10,12H,2-3,5,7,9,11H2,1H3,(H,20,23). The van der Waals surface area contributed by atoms with E-state index < -0.39 is 0 Å². The van der Waals surface area contributed by atoms with E-state index >= 15 is 0 Å². The number of Topliss-reactive ketones (excluding diaryl/α,β-unsaturated/α-hetero) is 1. The second-order valence-electron chi connectivity index (χ2n) is 6.32. The van der Waals surface area contributed by atoms with E-state index in [1.807, 2.05) is 0 Å². The molecular weight excluding hydrogens is 322 g/mol. The van der Waals surface area contributed by atoms with Crippen molar-refractivity contribution in [3.8, 4) is 0 Å². The SMILES string of the molecule is Cn1ccnc1C(=O)C1CCCN(C(=O)CCc2ccc(=O)[nH]n2)C1. The van der Waals surface area contributed by atoms with Gasteiger partial charge in [-0.15, -0.1) is 0 Å². The average molecular weight is 343 g/mol. The molecule has 0 spiro atoms. The van der Waals surface area contributed by atoms with E-state index in [0.717, 1.165) is 12.8 Å². The Hall–Kier alpha value is -2.77. The highest BCUT2D eigenvalue weighted by Crippen LogP contribution is 2.21. The van der Waals surface area contributed by atoms with Crippen molar-refractivity contribution in [1.82, 2.24) is 24.6 Å². The molecule has 1 fully saturated rings. The third-order valence-corrected chi connectivity index (χ3v) is 4.52. The summed E-state index contributed by atoms with van der Waals surface area (Å²) in [6, 6.07) is 3.02. The molecule has 132 valence electrons. The predicted octanol–water partition coefficient (Wildman–Crippen LogP) is 0.557. The molecule has 0 bridgehead atoms. The number of imidazole rings is 1. The Morgan fingerprint density at radius 3 is 2.88 bits per heavy atom. The number of piperidine rings is 1. The summed E-state index contributed by atoms with van der Waals surface area (Å²) in [4.78, 5) is 41.9. The van der Waals surface area contributed by atoms with Crippen molar-refractivity contribution < 1.29 is 9.59 Å². The third kappa shape index (κ3) is 4.01. The number of hydrogen-bond donors (Lipinski definition) is 1. The van der Waals surface area contributed by atoms with Crippen LogP contribution in [0, 0.1) is 5.92 Å². The molecule has 8 heteroatoms. The summed E-state index contributed by atoms with van der Waals surface area (Å²) in [5, 5.41) is 6.27. The van der Waals surface area contributed by atoms with Crippen LogP contribution in [0.15, 0.2) is 29.3 Å². The Labute approximate surface area is 144 Å². The maximum Gasteiger partial charge on any atom is 0.264 e. The number of carbonyl (C=O) groups is 2. The van der Waals surface area contributed by atoms with Gasteiger partial charge < -0.3 is 9.47 Å². The first kappa shape index (κ1) is 17.1. The predicted molar refractivity (Wildman–Crippen MR) is 90.0 cm³/mol. The lowest BCUT2D eigenvalue weighted by Gasteiger charge is -2.32. The summed E-state index contributed by atoms with van der Waals surface area (Å²) in [6.45, 7) is 1.10. The maximum absolute atomic E-state index is 12.6. The minimum absolute atomic E-state index is 0.00494. The first-order valence-electron chi connectivity index (χ1n) is 8.38. The topological polar surface area (TPSA) is 101 Å². The lowest BCUT2D eigenvalue weighted by atomic mass is 9.93. The minimum Gasteiger partial charge on any atom is -0.342 e. The zero-order chi connectivity index (χ0) is 17.8. The van der Waals surface area contributed by atoms with Gasteiger partial charge in [-0.25, -0.2) is 10.1 Å². The molecule has 1 amide bonds. The number of likely N-dealkylation sites (tertiary alicyclic amines) is 1. The van der Waals surface area contributed by atoms with Gasteiger partial charge in [0.05, 0.1) is 5.69 Å². The molecule has 1 aliphatic heterocycles. The Balaban J connectivity index is 1.58. The molecule has 0 saturated carbocycles. The normalized spacial score (nSPS) is 17.5. The molecule has 2 aromatic heterocycles. The van der Waals surface area contributed by atoms with Gasteiger partial charge in [0, 0.05) is 57.4 Å². The molecule has 25 heavy (non-hydrogen) atoms. The summed E-state index contributed by atoms with van der Waals surface area (Å²) < 4.78 is 1.71. The fourth-order valence-electron chi connectivity index (χ4n) is 3.11. The van der Waals surface area contributed by atoms with Crippen LogP contribution < -0.4 is 5.56 Å². The zero-order valence-corrected chi connectivity index (χ0v) is 14.1. The summed E-state index contributed by atoms with van der Waals surface area (Å²) in [7, 11) is 1.79. The van der Waals surface area contributed by atoms with Crippen molar-refractivity contribution in [2.75, 3.05) is 13.1 Å². The van der Waals surface area contributed by atoms with Crippen LogP contribution >= 0.6 is 0 Å². The number of carbonyl (C=O) groups excluding carboxylic acids is 2. The minimum atomic E-state index is -0.262. The van der Waals surface area contributed by atoms with E-state index in [4.69, 9.17) is 0 Å². The van der Waals surface area contributed by atoms with Gasteiger partial charge in [-0.05, 0) is 18.9 Å². The Kier molecular flexibility index (Phi) is 5.06. The molecule has 2 aromatic rings. The van der Waals surface area contributed by atoms with E-state index in [1.54, 1.807) is 35.0 Å². The number of amides is 1. The number of ketones is 1. The summed E-state index contributed by atoms with van der Waals surface area (Å²) in [6.07, 6.45) is 5.71. The Morgan fingerprint density at radius 2 is 2.20 bits per heavy atom. The van der Waals surface area contributed by atoms with Gasteiger partial charge in [-0.2, -0.15) is 5.10 Å². The fraction of sp³-hybridized carbons (Fsp3) is 0.471. The molecular formula is C17H21N5O3. The summed E-state index contributed by atoms with van der Waals surface area (Å²) in [5.74, 6) is 0.236. The van der Waals surface area contributed by atoms with Crippen LogP contribution in [-0.4, -0.2) is 49.4 Å². The van der Waals surface area contributed by atoms with E-state index in [0.29, 0.717) is 37.4 Å². The van der Waals surface area contributed by atoms with E-state index in [1.165, 1.54) is 6.07 Å². The molecule has 8 nitrogen and oxygen atoms in total. The number of aromatic nitrogens is 4. The van der Waals surface area contributed by atoms with Crippen LogP contribution in [0.5, 0.6) is 0 Å². The van der Waals surface area contributed by atoms with Crippen molar-refractivity contribution in [3.63, 3.8) is 0 Å². The Bertz CT molecular complexity index is 805. The zero-order valence-electron chi connectivity index (χ0n) is 14.1. The lowest BCUT2D eigenvalue weighted by molar-refractivity contribution is -0.132. The van der Waals surface area contributed by atoms with Crippen molar-refractivity contribution in [1.29, 1.82) is 0 Å². The van der Waals surface area contributed by atoms with Crippen molar-refractivity contribution in [2.24, 2.45) is 13.0 Å². The highest BCUT2D eigenvalue weighted by molar-refractivity contribution is 5.95. The van der Waals surface area contributed by atoms with E-state index in [2.05, 4.69) is 15.2 Å². The van der Waals surface area contributed by atoms with Gasteiger partial charge in [0.1, 0.15) is 0 Å². The van der Waals surface area contributed by atoms with Gasteiger partial charge in [0.25, 0.3) is 5.56 Å². The smallest absolute Gasteiger partial charge is 0.264 e. The van der Waals surface area contributed by atoms with Crippen LogP contribution in [0.2, 0.25) is 0 Å². The number of H-pyrrole nitrogens is 1. The molecule has 3 rings (SSSR count). The highest BCUT2D eigenvalue weighted by atomic mass is 16.2. The van der Waals surface area contributed by atoms with Gasteiger partial charge >= 0.3 is 0 Å². The quantitative estimate of drug-likeness (QED) is 0.799. The number of aryl methyl sites for hydroxylation is 2. The van der Waals surface area contributed by atoms with Gasteiger partial charge in [-0.3, -0.25) is 14.4 Å². The molecule has 0 aromatic carbocycles. The molecule has 3 heterocycles. The largest absolute Gasteiger partial charge is 0.342 e. The third-order valence-electron chi connectivity index (χ3n) is 4.52. The van der Waals surface area contributed by atoms with Gasteiger partial charge in [-0.1, -0.05) is 0 Å². The molecule has 1 atom stereocenters. The lowest BCUT2D eigenvalue weighted by Crippen LogP contribution is -2.42. The number of hydrogen-bond acceptors (Lipinski definition) is 5. The fourth-order valence-corrected chi connectivity index (χ4v) is 3.11. The maximum atomic E-state index is 12.6. The number of aromatic amines is 1. The van der Waals surface area contributed by atoms with E-state index in [-0.39, 0.29) is 23.2 Å². The van der Waals surface area contributed by atoms with Crippen LogP contribution in [0.3, 0.4) is 0 Å². The second-order valence-corrected chi connectivity index (χ2v) is 6.32. The van der Waals surface area contributed by atoms with Crippen molar-refractivity contribution >= 4 is 11.7 Å². The molecule has 0 aliphatic carbocycles. The molecule has 1 aliphatic rings. The second kappa shape index (κ2) is 7.42. The Morgan fingerprint density at radius 1 is 1.36 bits per heavy atom. The number of nitrogens with one attached hydrogen (secondary N) is 1. The van der Waals surface area contributed by atoms with Gasteiger partial charge in [0.15, 0.2) is 5.82 Å². The number of rotatable bonds is 5. The first-order chi connectivity index (χ1) is 12.0. The summed E-state index contributed by atoms with van der Waals surface area (Å²) >= 11 is 0. The van der Waals surface area contributed by atoms with Crippen LogP contribution in [0.1, 0.15) is 35.6 Å². The summed E-state index contributed by atoms with van der Waals surface area (Å²) in [5.41, 5.74) is 0.410. The highest BCUT2D eigenvalue weighted by Gasteiger charge is 2.30. The van der Waals surface area contributed by atoms with Gasteiger partial charge in [0.2, 0.25) is 11.7 Å². The van der Waals surface area contributed by atoms with Crippen molar-refractivity contribution in [3.05, 3.63) is 46.4 Å². The van der Waals surface area contributed by atoms with Crippen LogP contribution in [0.25, 0.3) is 0 Å². The van der Waals surface area contributed by atoms with Crippen molar-refractivity contribution in [2.45, 2.75) is 25.7 Å². The van der Waals surface area contributed by atoms with E-state index in [9.17, 15) is 14.4 Å². The monoisotopic (exact) mass is 343 g/mol. The molecule has 1 saturated heterocycles. The molecule has 1 unspecified atom stereocenters. The van der Waals surface area contributed by atoms with Crippen LogP contribution in [-0.2, 0) is 18.3 Å². The average Bonchev–Trinajstić information content (AvgIpc) is 3.06. The number of nitrogens with zero attached hydrogens (tertiary/aromatic N) is 4. The molecule has 1 N–H and O–H groups in total. The molecule has 0 radical (unpaired) electrons.